The summed E-state index contributed by atoms with van der Waals surface area (Å²) in [5, 5.41) is 7.51. The minimum Gasteiger partial charge on any atom is -0.348 e. The third-order valence-electron chi connectivity index (χ3n) is 4.57. The van der Waals surface area contributed by atoms with Gasteiger partial charge < -0.3 is 5.32 Å². The van der Waals surface area contributed by atoms with Crippen molar-refractivity contribution in [2.24, 2.45) is 11.8 Å². The molecule has 1 amide bonds. The van der Waals surface area contributed by atoms with Crippen LogP contribution in [0.5, 0.6) is 0 Å². The molecule has 2 fully saturated rings. The van der Waals surface area contributed by atoms with Crippen LogP contribution in [-0.4, -0.2) is 21.7 Å². The Bertz CT molecular complexity index is 466. The predicted octanol–water partition coefficient (Wildman–Crippen LogP) is 2.13. The molecular weight excluding hydrogens is 226 g/mol. The second-order valence-corrected chi connectivity index (χ2v) is 5.74. The lowest BCUT2D eigenvalue weighted by Gasteiger charge is -2.22. The topological polar surface area (TPSA) is 46.9 Å². The van der Waals surface area contributed by atoms with Crippen LogP contribution in [0.25, 0.3) is 0 Å². The van der Waals surface area contributed by atoms with Crippen LogP contribution < -0.4 is 5.32 Å². The monoisotopic (exact) mass is 247 g/mol. The second-order valence-electron chi connectivity index (χ2n) is 5.74. The molecule has 4 heteroatoms. The molecule has 3 atom stereocenters. The van der Waals surface area contributed by atoms with Gasteiger partial charge in [-0.05, 0) is 51.0 Å². The minimum absolute atomic E-state index is 0.00264. The molecule has 0 spiro atoms. The van der Waals surface area contributed by atoms with Crippen molar-refractivity contribution in [3.05, 3.63) is 17.5 Å². The summed E-state index contributed by atoms with van der Waals surface area (Å²) in [5.41, 5.74) is 1.62. The smallest absolute Gasteiger partial charge is 0.272 e. The van der Waals surface area contributed by atoms with Gasteiger partial charge in [-0.15, -0.1) is 0 Å². The fraction of sp³-hybridized carbons (Fsp3) is 0.714. The highest BCUT2D eigenvalue weighted by Gasteiger charge is 2.40. The van der Waals surface area contributed by atoms with Crippen LogP contribution in [0, 0.1) is 18.8 Å². The van der Waals surface area contributed by atoms with E-state index in [0.717, 1.165) is 18.2 Å². The van der Waals surface area contributed by atoms with Crippen molar-refractivity contribution in [3.63, 3.8) is 0 Å². The van der Waals surface area contributed by atoms with Gasteiger partial charge in [-0.2, -0.15) is 5.10 Å². The molecule has 3 rings (SSSR count). The van der Waals surface area contributed by atoms with Gasteiger partial charge in [0.15, 0.2) is 0 Å². The van der Waals surface area contributed by atoms with Crippen LogP contribution in [0.1, 0.15) is 48.8 Å². The number of aromatic nitrogens is 2. The van der Waals surface area contributed by atoms with E-state index in [2.05, 4.69) is 10.4 Å². The fourth-order valence-electron chi connectivity index (χ4n) is 3.61. The van der Waals surface area contributed by atoms with Crippen LogP contribution in [-0.2, 0) is 6.54 Å². The number of carbonyl (C=O) groups excluding carboxylic acids is 1. The number of rotatable bonds is 3. The van der Waals surface area contributed by atoms with E-state index in [-0.39, 0.29) is 5.91 Å². The van der Waals surface area contributed by atoms with E-state index in [1.54, 1.807) is 0 Å². The van der Waals surface area contributed by atoms with Gasteiger partial charge in [-0.25, -0.2) is 0 Å². The van der Waals surface area contributed by atoms with E-state index in [0.29, 0.717) is 17.7 Å². The molecule has 0 saturated heterocycles. The summed E-state index contributed by atoms with van der Waals surface area (Å²) in [5.74, 6) is 1.58. The zero-order valence-corrected chi connectivity index (χ0v) is 11.1. The van der Waals surface area contributed by atoms with E-state index in [1.165, 1.54) is 25.7 Å². The van der Waals surface area contributed by atoms with Crippen molar-refractivity contribution in [1.82, 2.24) is 15.1 Å². The number of carbonyl (C=O) groups is 1. The molecule has 3 unspecified atom stereocenters. The lowest BCUT2D eigenvalue weighted by atomic mass is 9.95. The van der Waals surface area contributed by atoms with Crippen molar-refractivity contribution >= 4 is 5.91 Å². The third-order valence-corrected chi connectivity index (χ3v) is 4.57. The summed E-state index contributed by atoms with van der Waals surface area (Å²) in [6, 6.07) is 2.27. The molecule has 2 aliphatic carbocycles. The minimum atomic E-state index is 0.00264. The average molecular weight is 247 g/mol. The molecule has 2 aliphatic rings. The molecule has 2 saturated carbocycles. The molecule has 2 bridgehead atoms. The first-order valence-corrected chi connectivity index (χ1v) is 7.02. The molecule has 1 heterocycles. The molecule has 98 valence electrons. The number of nitrogens with one attached hydrogen (secondary N) is 1. The van der Waals surface area contributed by atoms with Crippen LogP contribution in [0.4, 0.5) is 0 Å². The lowest BCUT2D eigenvalue weighted by molar-refractivity contribution is 0.0917. The molecule has 0 aromatic carbocycles. The van der Waals surface area contributed by atoms with E-state index < -0.39 is 0 Å². The summed E-state index contributed by atoms with van der Waals surface area (Å²) in [6.07, 6.45) is 5.13. The fourth-order valence-corrected chi connectivity index (χ4v) is 3.61. The van der Waals surface area contributed by atoms with E-state index in [1.807, 2.05) is 24.6 Å². The standard InChI is InChI=1S/C14H21N3O/c1-3-17-9(2)6-13(16-17)14(18)15-12-8-10-4-5-11(12)7-10/h6,10-12H,3-5,7-8H2,1-2H3,(H,15,18). The number of nitrogens with zero attached hydrogens (tertiary/aromatic N) is 2. The quantitative estimate of drug-likeness (QED) is 0.889. The zero-order chi connectivity index (χ0) is 12.7. The Kier molecular flexibility index (Phi) is 2.88. The lowest BCUT2D eigenvalue weighted by Crippen LogP contribution is -2.38. The van der Waals surface area contributed by atoms with Gasteiger partial charge in [0.05, 0.1) is 0 Å². The molecule has 1 N–H and O–H groups in total. The maximum atomic E-state index is 12.2. The molecule has 0 aliphatic heterocycles. The van der Waals surface area contributed by atoms with Gasteiger partial charge in [-0.1, -0.05) is 6.42 Å². The van der Waals surface area contributed by atoms with Crippen LogP contribution >= 0.6 is 0 Å². The van der Waals surface area contributed by atoms with Gasteiger partial charge >= 0.3 is 0 Å². The van der Waals surface area contributed by atoms with Crippen LogP contribution in [0.3, 0.4) is 0 Å². The Labute approximate surface area is 108 Å². The summed E-state index contributed by atoms with van der Waals surface area (Å²) in [7, 11) is 0. The summed E-state index contributed by atoms with van der Waals surface area (Å²) in [4.78, 5) is 12.2. The van der Waals surface area contributed by atoms with Crippen molar-refractivity contribution in [3.8, 4) is 0 Å². The van der Waals surface area contributed by atoms with Crippen LogP contribution in [0.2, 0.25) is 0 Å². The first kappa shape index (κ1) is 11.8. The highest BCUT2D eigenvalue weighted by atomic mass is 16.2. The third kappa shape index (κ3) is 1.93. The van der Waals surface area contributed by atoms with Gasteiger partial charge in [0, 0.05) is 18.3 Å². The van der Waals surface area contributed by atoms with Gasteiger partial charge in [0.1, 0.15) is 5.69 Å². The normalized spacial score (nSPS) is 29.8. The van der Waals surface area contributed by atoms with E-state index >= 15 is 0 Å². The summed E-state index contributed by atoms with van der Waals surface area (Å²) in [6.45, 7) is 4.84. The van der Waals surface area contributed by atoms with Crippen LogP contribution in [0.15, 0.2) is 6.07 Å². The largest absolute Gasteiger partial charge is 0.348 e. The average Bonchev–Trinajstić information content (AvgIpc) is 3.03. The molecule has 1 aromatic rings. The highest BCUT2D eigenvalue weighted by molar-refractivity contribution is 5.92. The maximum absolute atomic E-state index is 12.2. The molecule has 4 nitrogen and oxygen atoms in total. The SMILES string of the molecule is CCn1nc(C(=O)NC2CC3CCC2C3)cc1C. The Hall–Kier alpha value is -1.32. The van der Waals surface area contributed by atoms with Gasteiger partial charge in [0.25, 0.3) is 5.91 Å². The van der Waals surface area contributed by atoms with Crippen molar-refractivity contribution in [2.45, 2.75) is 52.1 Å². The van der Waals surface area contributed by atoms with Crippen molar-refractivity contribution in [1.29, 1.82) is 0 Å². The molecular formula is C14H21N3O. The molecule has 0 radical (unpaired) electrons. The number of fused-ring (bicyclic) bond motifs is 2. The zero-order valence-electron chi connectivity index (χ0n) is 11.1. The Morgan fingerprint density at radius 3 is 2.89 bits per heavy atom. The maximum Gasteiger partial charge on any atom is 0.272 e. The van der Waals surface area contributed by atoms with Gasteiger partial charge in [-0.3, -0.25) is 9.48 Å². The van der Waals surface area contributed by atoms with Crippen molar-refractivity contribution in [2.75, 3.05) is 0 Å². The van der Waals surface area contributed by atoms with Gasteiger partial charge in [0.2, 0.25) is 0 Å². The summed E-state index contributed by atoms with van der Waals surface area (Å²) >= 11 is 0. The first-order valence-electron chi connectivity index (χ1n) is 7.02. The van der Waals surface area contributed by atoms with E-state index in [4.69, 9.17) is 0 Å². The second kappa shape index (κ2) is 4.41. The number of aryl methyl sites for hydroxylation is 2. The number of hydrogen-bond donors (Lipinski definition) is 1. The Morgan fingerprint density at radius 2 is 2.33 bits per heavy atom. The van der Waals surface area contributed by atoms with E-state index in [9.17, 15) is 4.79 Å². The van der Waals surface area contributed by atoms with Crippen molar-refractivity contribution < 1.29 is 4.79 Å². The molecule has 1 aromatic heterocycles. The first-order chi connectivity index (χ1) is 8.67. The Balaban J connectivity index is 1.67. The Morgan fingerprint density at radius 1 is 1.50 bits per heavy atom. The number of amides is 1. The predicted molar refractivity (Wildman–Crippen MR) is 69.3 cm³/mol. The molecule has 18 heavy (non-hydrogen) atoms. The number of hydrogen-bond acceptors (Lipinski definition) is 2. The highest BCUT2D eigenvalue weighted by Crippen LogP contribution is 2.44. The summed E-state index contributed by atoms with van der Waals surface area (Å²) < 4.78 is 1.87.